The van der Waals surface area contributed by atoms with Gasteiger partial charge in [-0.15, -0.1) is 0 Å². The first kappa shape index (κ1) is 14.3. The zero-order valence-corrected chi connectivity index (χ0v) is 13.9. The van der Waals surface area contributed by atoms with E-state index < -0.39 is 0 Å². The average molecular weight is 294 g/mol. The lowest BCUT2D eigenvalue weighted by Crippen LogP contribution is -2.52. The van der Waals surface area contributed by atoms with Crippen LogP contribution in [0, 0.1) is 5.92 Å². The minimum Gasteiger partial charge on any atom is -0.346 e. The zero-order chi connectivity index (χ0) is 14.3. The Kier molecular flexibility index (Phi) is 3.75. The fourth-order valence-electron chi connectivity index (χ4n) is 3.47. The number of anilines is 1. The van der Waals surface area contributed by atoms with Crippen molar-refractivity contribution in [3.8, 4) is 0 Å². The highest BCUT2D eigenvalue weighted by Gasteiger charge is 2.35. The summed E-state index contributed by atoms with van der Waals surface area (Å²) in [6, 6.07) is 0.787. The predicted molar refractivity (Wildman–Crippen MR) is 84.6 cm³/mol. The Bertz CT molecular complexity index is 465. The molecule has 1 aromatic rings. The van der Waals surface area contributed by atoms with Crippen molar-refractivity contribution in [3.05, 3.63) is 5.82 Å². The molecule has 4 nitrogen and oxygen atoms in total. The standard InChI is InChI=1S/C15H26N4S/c1-15(2,3)13-16-14(20-17-13)19-9-7-12-11(10-19)6-5-8-18(12)4/h11-12H,5-10H2,1-4H3. The van der Waals surface area contributed by atoms with Crippen LogP contribution in [0.3, 0.4) is 0 Å². The molecule has 2 unspecified atom stereocenters. The van der Waals surface area contributed by atoms with Gasteiger partial charge in [0.05, 0.1) is 0 Å². The van der Waals surface area contributed by atoms with Crippen LogP contribution in [0.25, 0.3) is 0 Å². The summed E-state index contributed by atoms with van der Waals surface area (Å²) in [5, 5.41) is 1.13. The van der Waals surface area contributed by atoms with Gasteiger partial charge in [-0.25, -0.2) is 4.98 Å². The van der Waals surface area contributed by atoms with Crippen LogP contribution in [0.2, 0.25) is 0 Å². The second-order valence-corrected chi connectivity index (χ2v) is 8.07. The van der Waals surface area contributed by atoms with Crippen LogP contribution in [0.4, 0.5) is 5.13 Å². The van der Waals surface area contributed by atoms with Gasteiger partial charge >= 0.3 is 0 Å². The topological polar surface area (TPSA) is 32.3 Å². The third kappa shape index (κ3) is 2.70. The number of likely N-dealkylation sites (tertiary alicyclic amines) is 1. The smallest absolute Gasteiger partial charge is 0.205 e. The van der Waals surface area contributed by atoms with Gasteiger partial charge in [0, 0.05) is 36.1 Å². The van der Waals surface area contributed by atoms with Crippen LogP contribution in [-0.2, 0) is 5.41 Å². The summed E-state index contributed by atoms with van der Waals surface area (Å²) in [6.45, 7) is 10.1. The van der Waals surface area contributed by atoms with Crippen molar-refractivity contribution in [1.29, 1.82) is 0 Å². The van der Waals surface area contributed by atoms with Crippen molar-refractivity contribution in [3.63, 3.8) is 0 Å². The predicted octanol–water partition coefficient (Wildman–Crippen LogP) is 2.76. The summed E-state index contributed by atoms with van der Waals surface area (Å²) in [5.41, 5.74) is 0.0537. The number of aromatic nitrogens is 2. The van der Waals surface area contributed by atoms with E-state index in [1.165, 1.54) is 25.8 Å². The maximum absolute atomic E-state index is 4.78. The molecule has 0 aromatic carbocycles. The van der Waals surface area contributed by atoms with E-state index in [9.17, 15) is 0 Å². The lowest BCUT2D eigenvalue weighted by Gasteiger charge is -2.45. The molecule has 0 N–H and O–H groups in total. The van der Waals surface area contributed by atoms with E-state index in [1.807, 2.05) is 0 Å². The van der Waals surface area contributed by atoms with Gasteiger partial charge < -0.3 is 9.80 Å². The monoisotopic (exact) mass is 294 g/mol. The Balaban J connectivity index is 1.71. The summed E-state index contributed by atoms with van der Waals surface area (Å²) < 4.78 is 4.56. The van der Waals surface area contributed by atoms with Gasteiger partial charge in [-0.3, -0.25) is 0 Å². The van der Waals surface area contributed by atoms with Gasteiger partial charge in [-0.1, -0.05) is 20.8 Å². The van der Waals surface area contributed by atoms with E-state index >= 15 is 0 Å². The lowest BCUT2D eigenvalue weighted by molar-refractivity contribution is 0.102. The van der Waals surface area contributed by atoms with Crippen molar-refractivity contribution >= 4 is 16.7 Å². The van der Waals surface area contributed by atoms with Crippen molar-refractivity contribution in [2.45, 2.75) is 51.5 Å². The van der Waals surface area contributed by atoms with E-state index in [0.29, 0.717) is 0 Å². The number of nitrogens with zero attached hydrogens (tertiary/aromatic N) is 4. The molecule has 0 aliphatic carbocycles. The number of piperidine rings is 2. The SMILES string of the molecule is CN1CCCC2CN(c3nc(C(C)(C)C)ns3)CCC21. The normalized spacial score (nSPS) is 28.5. The highest BCUT2D eigenvalue weighted by molar-refractivity contribution is 7.09. The average Bonchev–Trinajstić information content (AvgIpc) is 2.88. The quantitative estimate of drug-likeness (QED) is 0.797. The second kappa shape index (κ2) is 5.26. The molecule has 5 heteroatoms. The fraction of sp³-hybridized carbons (Fsp3) is 0.867. The molecule has 2 aliphatic rings. The fourth-order valence-corrected chi connectivity index (χ4v) is 4.37. The van der Waals surface area contributed by atoms with Gasteiger partial charge in [0.25, 0.3) is 0 Å². The first-order chi connectivity index (χ1) is 9.45. The molecule has 0 amide bonds. The number of rotatable bonds is 1. The maximum atomic E-state index is 4.78. The Hall–Kier alpha value is -0.680. The van der Waals surface area contributed by atoms with E-state index in [-0.39, 0.29) is 5.41 Å². The van der Waals surface area contributed by atoms with Crippen LogP contribution >= 0.6 is 11.5 Å². The minimum absolute atomic E-state index is 0.0537. The molecule has 112 valence electrons. The van der Waals surface area contributed by atoms with Crippen LogP contribution < -0.4 is 4.90 Å². The van der Waals surface area contributed by atoms with E-state index in [2.05, 4.69) is 42.0 Å². The molecule has 3 rings (SSSR count). The summed E-state index contributed by atoms with van der Waals surface area (Å²) >= 11 is 1.57. The summed E-state index contributed by atoms with van der Waals surface area (Å²) in [5.74, 6) is 1.80. The van der Waals surface area contributed by atoms with Crippen molar-refractivity contribution in [2.75, 3.05) is 31.6 Å². The van der Waals surface area contributed by atoms with Crippen molar-refractivity contribution in [2.24, 2.45) is 5.92 Å². The molecule has 2 atom stereocenters. The second-order valence-electron chi connectivity index (χ2n) is 7.34. The maximum Gasteiger partial charge on any atom is 0.205 e. The zero-order valence-electron chi connectivity index (χ0n) is 13.1. The van der Waals surface area contributed by atoms with E-state index in [4.69, 9.17) is 4.98 Å². The number of hydrogen-bond donors (Lipinski definition) is 0. The minimum atomic E-state index is 0.0537. The van der Waals surface area contributed by atoms with Gasteiger partial charge in [-0.05, 0) is 38.8 Å². The van der Waals surface area contributed by atoms with Crippen molar-refractivity contribution in [1.82, 2.24) is 14.3 Å². The third-order valence-corrected chi connectivity index (χ3v) is 5.48. The Labute approximate surface area is 126 Å². The van der Waals surface area contributed by atoms with E-state index in [1.54, 1.807) is 11.5 Å². The van der Waals surface area contributed by atoms with Crippen LogP contribution in [-0.4, -0.2) is 47.0 Å². The molecule has 2 saturated heterocycles. The molecule has 0 radical (unpaired) electrons. The molecule has 20 heavy (non-hydrogen) atoms. The lowest BCUT2D eigenvalue weighted by atomic mass is 9.84. The number of fused-ring (bicyclic) bond motifs is 1. The van der Waals surface area contributed by atoms with Crippen LogP contribution in [0.15, 0.2) is 0 Å². The molecule has 0 spiro atoms. The highest BCUT2D eigenvalue weighted by atomic mass is 32.1. The largest absolute Gasteiger partial charge is 0.346 e. The van der Waals surface area contributed by atoms with Gasteiger partial charge in [0.15, 0.2) is 0 Å². The first-order valence-electron chi connectivity index (χ1n) is 7.74. The summed E-state index contributed by atoms with van der Waals surface area (Å²) in [7, 11) is 2.29. The molecule has 0 saturated carbocycles. The Morgan fingerprint density at radius 1 is 1.20 bits per heavy atom. The summed E-state index contributed by atoms with van der Waals surface area (Å²) in [6.07, 6.45) is 3.98. The summed E-state index contributed by atoms with van der Waals surface area (Å²) in [4.78, 5) is 9.81. The molecule has 2 fully saturated rings. The molecule has 3 heterocycles. The Morgan fingerprint density at radius 2 is 2.00 bits per heavy atom. The van der Waals surface area contributed by atoms with E-state index in [0.717, 1.165) is 36.0 Å². The molecular weight excluding hydrogens is 268 g/mol. The molecule has 2 aliphatic heterocycles. The van der Waals surface area contributed by atoms with Gasteiger partial charge in [0.1, 0.15) is 5.82 Å². The van der Waals surface area contributed by atoms with Crippen LogP contribution in [0.1, 0.15) is 45.9 Å². The van der Waals surface area contributed by atoms with Gasteiger partial charge in [-0.2, -0.15) is 4.37 Å². The third-order valence-electron chi connectivity index (χ3n) is 4.70. The van der Waals surface area contributed by atoms with Gasteiger partial charge in [0.2, 0.25) is 5.13 Å². The van der Waals surface area contributed by atoms with Crippen molar-refractivity contribution < 1.29 is 0 Å². The molecule has 1 aromatic heterocycles. The first-order valence-corrected chi connectivity index (χ1v) is 8.52. The highest BCUT2D eigenvalue weighted by Crippen LogP contribution is 2.33. The Morgan fingerprint density at radius 3 is 2.70 bits per heavy atom. The molecule has 0 bridgehead atoms. The number of hydrogen-bond acceptors (Lipinski definition) is 5. The molecular formula is C15H26N4S. The van der Waals surface area contributed by atoms with Crippen LogP contribution in [0.5, 0.6) is 0 Å².